The Bertz CT molecular complexity index is 515. The molecule has 0 atom stereocenters. The molecule has 4 heteroatoms. The normalized spacial score (nSPS) is 10.8. The molecule has 0 saturated carbocycles. The third kappa shape index (κ3) is 2.17. The van der Waals surface area contributed by atoms with Gasteiger partial charge >= 0.3 is 0 Å². The van der Waals surface area contributed by atoms with E-state index in [2.05, 4.69) is 10.2 Å². The lowest BCUT2D eigenvalue weighted by molar-refractivity contribution is -0.113. The van der Waals surface area contributed by atoms with Gasteiger partial charge in [-0.3, -0.25) is 9.89 Å². The molecule has 1 heterocycles. The maximum atomic E-state index is 10.7. The molecule has 1 aromatic heterocycles. The maximum absolute atomic E-state index is 10.7. The monoisotopic (exact) mass is 213 g/mol. The predicted octanol–water partition coefficient (Wildman–Crippen LogP) is 1.58. The number of nitrogens with zero attached hydrogens (tertiary/aromatic N) is 1. The molecule has 16 heavy (non-hydrogen) atoms. The zero-order valence-electron chi connectivity index (χ0n) is 8.55. The molecule has 0 aliphatic carbocycles. The van der Waals surface area contributed by atoms with E-state index in [0.29, 0.717) is 0 Å². The van der Waals surface area contributed by atoms with Crippen LogP contribution in [0.4, 0.5) is 0 Å². The van der Waals surface area contributed by atoms with Gasteiger partial charge in [0.2, 0.25) is 5.91 Å². The fourth-order valence-corrected chi connectivity index (χ4v) is 1.47. The molecular formula is C12H11N3O. The van der Waals surface area contributed by atoms with Crippen LogP contribution in [0.1, 0.15) is 5.56 Å². The van der Waals surface area contributed by atoms with E-state index in [-0.39, 0.29) is 0 Å². The Morgan fingerprint density at radius 2 is 2.12 bits per heavy atom. The van der Waals surface area contributed by atoms with Crippen molar-refractivity contribution in [1.82, 2.24) is 10.2 Å². The first kappa shape index (κ1) is 10.2. The van der Waals surface area contributed by atoms with Crippen molar-refractivity contribution < 1.29 is 4.79 Å². The average Bonchev–Trinajstić information content (AvgIpc) is 2.80. The summed E-state index contributed by atoms with van der Waals surface area (Å²) < 4.78 is 0. The van der Waals surface area contributed by atoms with E-state index in [1.54, 1.807) is 12.3 Å². The molecule has 2 aromatic rings. The van der Waals surface area contributed by atoms with Gasteiger partial charge in [-0.1, -0.05) is 24.3 Å². The van der Waals surface area contributed by atoms with Gasteiger partial charge in [-0.05, 0) is 17.7 Å². The van der Waals surface area contributed by atoms with Gasteiger partial charge in [-0.15, -0.1) is 0 Å². The van der Waals surface area contributed by atoms with E-state index in [1.165, 1.54) is 6.08 Å². The number of nitrogens with one attached hydrogen (secondary N) is 1. The summed E-state index contributed by atoms with van der Waals surface area (Å²) in [6, 6.07) is 9.57. The molecule has 0 bridgehead atoms. The third-order valence-electron chi connectivity index (χ3n) is 2.18. The number of benzene rings is 1. The molecule has 0 aliphatic rings. The maximum Gasteiger partial charge on any atom is 0.241 e. The topological polar surface area (TPSA) is 71.8 Å². The average molecular weight is 213 g/mol. The highest BCUT2D eigenvalue weighted by Crippen LogP contribution is 2.22. The van der Waals surface area contributed by atoms with Crippen LogP contribution in [0.25, 0.3) is 17.3 Å². The van der Waals surface area contributed by atoms with Gasteiger partial charge in [0.25, 0.3) is 0 Å². The lowest BCUT2D eigenvalue weighted by atomic mass is 10.0. The minimum Gasteiger partial charge on any atom is -0.366 e. The van der Waals surface area contributed by atoms with Gasteiger partial charge in [0.1, 0.15) is 0 Å². The largest absolute Gasteiger partial charge is 0.366 e. The van der Waals surface area contributed by atoms with Crippen molar-refractivity contribution >= 4 is 12.0 Å². The number of nitrogens with two attached hydrogens (primary N) is 1. The van der Waals surface area contributed by atoms with Crippen LogP contribution in [-0.4, -0.2) is 16.1 Å². The highest BCUT2D eigenvalue weighted by molar-refractivity contribution is 5.91. The molecule has 0 radical (unpaired) electrons. The molecular weight excluding hydrogens is 202 g/mol. The number of amides is 1. The first-order chi connectivity index (χ1) is 7.77. The minimum atomic E-state index is -0.459. The summed E-state index contributed by atoms with van der Waals surface area (Å²) in [4.78, 5) is 10.7. The van der Waals surface area contributed by atoms with Crippen molar-refractivity contribution in [3.8, 4) is 11.3 Å². The summed E-state index contributed by atoms with van der Waals surface area (Å²) in [7, 11) is 0. The summed E-state index contributed by atoms with van der Waals surface area (Å²) in [5.74, 6) is -0.459. The number of aromatic amines is 1. The first-order valence-corrected chi connectivity index (χ1v) is 4.83. The Balaban J connectivity index is 2.42. The molecule has 4 nitrogen and oxygen atoms in total. The highest BCUT2D eigenvalue weighted by Gasteiger charge is 2.02. The number of carbonyl (C=O) groups is 1. The molecule has 0 aliphatic heterocycles. The summed E-state index contributed by atoms with van der Waals surface area (Å²) in [6.45, 7) is 0. The lowest BCUT2D eigenvalue weighted by Gasteiger charge is -2.02. The van der Waals surface area contributed by atoms with Crippen LogP contribution in [0.3, 0.4) is 0 Å². The van der Waals surface area contributed by atoms with Gasteiger partial charge in [0.15, 0.2) is 0 Å². The van der Waals surface area contributed by atoms with Crippen molar-refractivity contribution in [2.45, 2.75) is 0 Å². The second-order valence-corrected chi connectivity index (χ2v) is 3.29. The van der Waals surface area contributed by atoms with E-state index < -0.39 is 5.91 Å². The number of rotatable bonds is 3. The minimum absolute atomic E-state index is 0.459. The molecule has 2 rings (SSSR count). The molecule has 1 aromatic carbocycles. The Labute approximate surface area is 92.8 Å². The van der Waals surface area contributed by atoms with Gasteiger partial charge < -0.3 is 5.73 Å². The van der Waals surface area contributed by atoms with Gasteiger partial charge in [0, 0.05) is 17.8 Å². The van der Waals surface area contributed by atoms with Crippen molar-refractivity contribution in [2.75, 3.05) is 0 Å². The number of hydrogen-bond acceptors (Lipinski definition) is 2. The standard InChI is InChI=1S/C12H11N3O/c13-12(16)6-5-9-3-1-2-4-10(9)11-7-8-14-15-11/h1-8H,(H2,13,16)(H,14,15)/b6-5+. The Morgan fingerprint density at radius 3 is 2.81 bits per heavy atom. The summed E-state index contributed by atoms with van der Waals surface area (Å²) in [5.41, 5.74) is 7.88. The number of primary amides is 1. The predicted molar refractivity (Wildman–Crippen MR) is 62.3 cm³/mol. The Hall–Kier alpha value is -2.36. The summed E-state index contributed by atoms with van der Waals surface area (Å²) in [5, 5.41) is 6.78. The van der Waals surface area contributed by atoms with Crippen LogP contribution < -0.4 is 5.73 Å². The zero-order chi connectivity index (χ0) is 11.4. The van der Waals surface area contributed by atoms with Crippen LogP contribution in [-0.2, 0) is 4.79 Å². The molecule has 0 unspecified atom stereocenters. The Kier molecular flexibility index (Phi) is 2.82. The van der Waals surface area contributed by atoms with Crippen molar-refractivity contribution in [3.63, 3.8) is 0 Å². The van der Waals surface area contributed by atoms with Gasteiger partial charge in [0.05, 0.1) is 5.69 Å². The Morgan fingerprint density at radius 1 is 1.31 bits per heavy atom. The SMILES string of the molecule is NC(=O)/C=C/c1ccccc1-c1ccn[nH]1. The second-order valence-electron chi connectivity index (χ2n) is 3.29. The fourth-order valence-electron chi connectivity index (χ4n) is 1.47. The summed E-state index contributed by atoms with van der Waals surface area (Å²) >= 11 is 0. The molecule has 3 N–H and O–H groups in total. The van der Waals surface area contributed by atoms with Crippen LogP contribution in [0, 0.1) is 0 Å². The summed E-state index contributed by atoms with van der Waals surface area (Å²) in [6.07, 6.45) is 4.72. The molecule has 1 amide bonds. The van der Waals surface area contributed by atoms with E-state index >= 15 is 0 Å². The number of hydrogen-bond donors (Lipinski definition) is 2. The van der Waals surface area contributed by atoms with Crippen LogP contribution >= 0.6 is 0 Å². The van der Waals surface area contributed by atoms with E-state index in [4.69, 9.17) is 5.73 Å². The number of carbonyl (C=O) groups excluding carboxylic acids is 1. The first-order valence-electron chi connectivity index (χ1n) is 4.83. The number of H-pyrrole nitrogens is 1. The van der Waals surface area contributed by atoms with E-state index in [1.807, 2.05) is 30.3 Å². The van der Waals surface area contributed by atoms with Crippen molar-refractivity contribution in [3.05, 3.63) is 48.2 Å². The van der Waals surface area contributed by atoms with Gasteiger partial charge in [-0.2, -0.15) is 5.10 Å². The van der Waals surface area contributed by atoms with Gasteiger partial charge in [-0.25, -0.2) is 0 Å². The highest BCUT2D eigenvalue weighted by atomic mass is 16.1. The quantitative estimate of drug-likeness (QED) is 0.760. The fraction of sp³-hybridized carbons (Fsp3) is 0. The zero-order valence-corrected chi connectivity index (χ0v) is 8.55. The molecule has 0 saturated heterocycles. The van der Waals surface area contributed by atoms with Crippen LogP contribution in [0.2, 0.25) is 0 Å². The lowest BCUT2D eigenvalue weighted by Crippen LogP contribution is -2.05. The smallest absolute Gasteiger partial charge is 0.241 e. The molecule has 0 fully saturated rings. The third-order valence-corrected chi connectivity index (χ3v) is 2.18. The van der Waals surface area contributed by atoms with Crippen LogP contribution in [0.5, 0.6) is 0 Å². The van der Waals surface area contributed by atoms with Crippen LogP contribution in [0.15, 0.2) is 42.6 Å². The molecule has 80 valence electrons. The molecule has 0 spiro atoms. The van der Waals surface area contributed by atoms with E-state index in [9.17, 15) is 4.79 Å². The second kappa shape index (κ2) is 4.44. The van der Waals surface area contributed by atoms with Crippen molar-refractivity contribution in [2.24, 2.45) is 5.73 Å². The number of aromatic nitrogens is 2. The van der Waals surface area contributed by atoms with Crippen molar-refractivity contribution in [1.29, 1.82) is 0 Å². The van der Waals surface area contributed by atoms with E-state index in [0.717, 1.165) is 16.8 Å².